The minimum absolute atomic E-state index is 0.00858. The number of benzene rings is 2. The summed E-state index contributed by atoms with van der Waals surface area (Å²) in [5.74, 6) is -1.78. The molecule has 1 saturated heterocycles. The minimum Gasteiger partial charge on any atom is -0.408 e. The summed E-state index contributed by atoms with van der Waals surface area (Å²) in [4.78, 5) is 24.3. The molecule has 0 spiro atoms. The van der Waals surface area contributed by atoms with Crippen LogP contribution in [0.5, 0.6) is 0 Å². The van der Waals surface area contributed by atoms with Crippen LogP contribution in [0.3, 0.4) is 0 Å². The Morgan fingerprint density at radius 3 is 2.73 bits per heavy atom. The van der Waals surface area contributed by atoms with Crippen molar-refractivity contribution in [1.82, 2.24) is 15.2 Å². The molecule has 2 N–H and O–H groups in total. The Balaban J connectivity index is 1.44. The molecule has 0 saturated carbocycles. The first-order valence-corrected chi connectivity index (χ1v) is 12.4. The van der Waals surface area contributed by atoms with Crippen LogP contribution < -0.4 is 16.4 Å². The van der Waals surface area contributed by atoms with E-state index in [4.69, 9.17) is 4.42 Å². The van der Waals surface area contributed by atoms with Crippen LogP contribution in [0.2, 0.25) is 0 Å². The second-order valence-electron chi connectivity index (χ2n) is 8.22. The molecule has 0 radical (unpaired) electrons. The maximum atomic E-state index is 12.6. The van der Waals surface area contributed by atoms with Crippen LogP contribution in [-0.4, -0.2) is 49.5 Å². The predicted octanol–water partition coefficient (Wildman–Crippen LogP) is 0.984. The Labute approximate surface area is 190 Å². The molecule has 33 heavy (non-hydrogen) atoms. The molecule has 9 nitrogen and oxygen atoms in total. The topological polar surface area (TPSA) is 134 Å². The lowest BCUT2D eigenvalue weighted by atomic mass is 10.0. The third kappa shape index (κ3) is 5.16. The standard InChI is InChI=1S/C23H24N4O5S/c1-27-20-11-17(6-7-21(20)32-23(27)29)16-4-2-15(3-5-16)10-19(12-24)26-22(28)18-13-25-8-9-33(30,31)14-18/h2-7,11,18-19,25H,8-10,13-14H2,1H3,(H,26,28)/t18?,19-/m0/s1. The lowest BCUT2D eigenvalue weighted by Gasteiger charge is -2.17. The normalized spacial score (nSPS) is 18.8. The summed E-state index contributed by atoms with van der Waals surface area (Å²) < 4.78 is 30.5. The Bertz CT molecular complexity index is 1380. The maximum absolute atomic E-state index is 12.6. The quantitative estimate of drug-likeness (QED) is 0.570. The molecule has 2 heterocycles. The van der Waals surface area contributed by atoms with Gasteiger partial charge in [0, 0.05) is 26.6 Å². The molecule has 172 valence electrons. The highest BCUT2D eigenvalue weighted by molar-refractivity contribution is 7.91. The van der Waals surface area contributed by atoms with Gasteiger partial charge in [-0.2, -0.15) is 5.26 Å². The van der Waals surface area contributed by atoms with Gasteiger partial charge in [-0.3, -0.25) is 9.36 Å². The number of carbonyl (C=O) groups is 1. The fourth-order valence-electron chi connectivity index (χ4n) is 3.91. The zero-order valence-electron chi connectivity index (χ0n) is 18.1. The highest BCUT2D eigenvalue weighted by Crippen LogP contribution is 2.24. The van der Waals surface area contributed by atoms with Crippen molar-refractivity contribution in [2.24, 2.45) is 13.0 Å². The smallest absolute Gasteiger partial charge is 0.408 e. The molecule has 1 unspecified atom stereocenters. The molecule has 2 atom stereocenters. The summed E-state index contributed by atoms with van der Waals surface area (Å²) in [5, 5.41) is 15.2. The van der Waals surface area contributed by atoms with E-state index in [0.29, 0.717) is 24.1 Å². The van der Waals surface area contributed by atoms with Crippen molar-refractivity contribution in [3.8, 4) is 17.2 Å². The largest absolute Gasteiger partial charge is 0.419 e. The van der Waals surface area contributed by atoms with Crippen LogP contribution in [0.1, 0.15) is 5.56 Å². The Morgan fingerprint density at radius 2 is 2.00 bits per heavy atom. The number of sulfone groups is 1. The van der Waals surface area contributed by atoms with Gasteiger partial charge >= 0.3 is 5.76 Å². The molecule has 0 aliphatic carbocycles. The minimum atomic E-state index is -3.29. The van der Waals surface area contributed by atoms with Crippen LogP contribution >= 0.6 is 0 Å². The summed E-state index contributed by atoms with van der Waals surface area (Å²) in [6.07, 6.45) is 0.296. The van der Waals surface area contributed by atoms with Gasteiger partial charge in [-0.1, -0.05) is 30.3 Å². The summed E-state index contributed by atoms with van der Waals surface area (Å²) in [5.41, 5.74) is 3.92. The lowest BCUT2D eigenvalue weighted by molar-refractivity contribution is -0.124. The Kier molecular flexibility index (Phi) is 6.35. The van der Waals surface area contributed by atoms with E-state index < -0.39 is 33.5 Å². The number of amides is 1. The van der Waals surface area contributed by atoms with Crippen LogP contribution in [0.15, 0.2) is 51.7 Å². The van der Waals surface area contributed by atoms with E-state index in [1.165, 1.54) is 4.57 Å². The molecule has 1 amide bonds. The lowest BCUT2D eigenvalue weighted by Crippen LogP contribution is -2.43. The molecule has 4 rings (SSSR count). The molecule has 1 fully saturated rings. The summed E-state index contributed by atoms with van der Waals surface area (Å²) in [6.45, 7) is 0.592. The molecular weight excluding hydrogens is 444 g/mol. The number of hydrogen-bond acceptors (Lipinski definition) is 7. The van der Waals surface area contributed by atoms with E-state index in [2.05, 4.69) is 16.7 Å². The van der Waals surface area contributed by atoms with Crippen molar-refractivity contribution in [1.29, 1.82) is 5.26 Å². The molecule has 0 bridgehead atoms. The molecule has 10 heteroatoms. The van der Waals surface area contributed by atoms with Gasteiger partial charge < -0.3 is 15.1 Å². The zero-order valence-corrected chi connectivity index (χ0v) is 18.9. The highest BCUT2D eigenvalue weighted by atomic mass is 32.2. The number of carbonyl (C=O) groups excluding carboxylic acids is 1. The van der Waals surface area contributed by atoms with E-state index in [0.717, 1.165) is 16.7 Å². The molecule has 2 aromatic carbocycles. The van der Waals surface area contributed by atoms with Gasteiger partial charge in [0.2, 0.25) is 5.91 Å². The second kappa shape index (κ2) is 9.21. The first-order chi connectivity index (χ1) is 15.8. The maximum Gasteiger partial charge on any atom is 0.419 e. The number of nitrogens with one attached hydrogen (secondary N) is 2. The Hall–Kier alpha value is -3.42. The number of rotatable bonds is 5. The average Bonchev–Trinajstić information content (AvgIpc) is 2.95. The summed E-state index contributed by atoms with van der Waals surface area (Å²) in [6, 6.07) is 14.4. The number of hydrogen-bond donors (Lipinski definition) is 2. The monoisotopic (exact) mass is 468 g/mol. The zero-order chi connectivity index (χ0) is 23.6. The van der Waals surface area contributed by atoms with E-state index in [9.17, 15) is 23.3 Å². The van der Waals surface area contributed by atoms with E-state index >= 15 is 0 Å². The second-order valence-corrected chi connectivity index (χ2v) is 10.4. The Morgan fingerprint density at radius 1 is 1.27 bits per heavy atom. The highest BCUT2D eigenvalue weighted by Gasteiger charge is 2.29. The van der Waals surface area contributed by atoms with E-state index in [1.807, 2.05) is 36.4 Å². The van der Waals surface area contributed by atoms with E-state index in [-0.39, 0.29) is 18.1 Å². The molecular formula is C23H24N4O5S. The van der Waals surface area contributed by atoms with Crippen LogP contribution in [-0.2, 0) is 28.1 Å². The third-order valence-electron chi connectivity index (χ3n) is 5.80. The van der Waals surface area contributed by atoms with Crippen LogP contribution in [0.4, 0.5) is 0 Å². The number of nitrogens with zero attached hydrogens (tertiary/aromatic N) is 2. The van der Waals surface area contributed by atoms with Crippen molar-refractivity contribution in [2.75, 3.05) is 24.6 Å². The number of oxazole rings is 1. The van der Waals surface area contributed by atoms with Crippen LogP contribution in [0.25, 0.3) is 22.2 Å². The first-order valence-electron chi connectivity index (χ1n) is 10.6. The molecule has 1 aliphatic heterocycles. The van der Waals surface area contributed by atoms with E-state index in [1.54, 1.807) is 13.1 Å². The number of nitriles is 1. The predicted molar refractivity (Wildman–Crippen MR) is 123 cm³/mol. The van der Waals surface area contributed by atoms with Crippen molar-refractivity contribution in [3.05, 3.63) is 58.6 Å². The van der Waals surface area contributed by atoms with Gasteiger partial charge in [0.1, 0.15) is 6.04 Å². The average molecular weight is 469 g/mol. The van der Waals surface area contributed by atoms with Crippen molar-refractivity contribution < 1.29 is 17.6 Å². The van der Waals surface area contributed by atoms with Gasteiger partial charge in [-0.25, -0.2) is 13.2 Å². The van der Waals surface area contributed by atoms with Gasteiger partial charge in [0.05, 0.1) is 29.0 Å². The molecule has 3 aromatic rings. The van der Waals surface area contributed by atoms with Gasteiger partial charge in [-0.15, -0.1) is 0 Å². The SMILES string of the molecule is Cn1c(=O)oc2ccc(-c3ccc(C[C@@H](C#N)NC(=O)C4CNCCS(=O)(=O)C4)cc3)cc21. The molecule has 1 aliphatic rings. The number of fused-ring (bicyclic) bond motifs is 1. The van der Waals surface area contributed by atoms with Crippen LogP contribution in [0, 0.1) is 17.2 Å². The number of aromatic nitrogens is 1. The number of aryl methyl sites for hydroxylation is 1. The summed E-state index contributed by atoms with van der Waals surface area (Å²) in [7, 11) is -1.64. The van der Waals surface area contributed by atoms with Crippen molar-refractivity contribution in [2.45, 2.75) is 12.5 Å². The fourth-order valence-corrected chi connectivity index (χ4v) is 5.42. The third-order valence-corrected chi connectivity index (χ3v) is 7.53. The van der Waals surface area contributed by atoms with Gasteiger partial charge in [-0.05, 0) is 28.8 Å². The van der Waals surface area contributed by atoms with Crippen molar-refractivity contribution >= 4 is 26.8 Å². The van der Waals surface area contributed by atoms with Gasteiger partial charge in [0.25, 0.3) is 0 Å². The molecule has 1 aromatic heterocycles. The fraction of sp³-hybridized carbons (Fsp3) is 0.348. The first kappa shape index (κ1) is 22.8. The summed E-state index contributed by atoms with van der Waals surface area (Å²) >= 11 is 0. The van der Waals surface area contributed by atoms with Gasteiger partial charge in [0.15, 0.2) is 15.4 Å². The van der Waals surface area contributed by atoms with Crippen molar-refractivity contribution in [3.63, 3.8) is 0 Å².